The van der Waals surface area contributed by atoms with E-state index in [0.29, 0.717) is 37.2 Å². The van der Waals surface area contributed by atoms with E-state index in [1.165, 1.54) is 57.8 Å². The van der Waals surface area contributed by atoms with Gasteiger partial charge >= 0.3 is 5.97 Å². The molecule has 0 spiro atoms. The lowest BCUT2D eigenvalue weighted by atomic mass is 10.0. The molecular weight excluding hydrogens is 516 g/mol. The first-order valence-electron chi connectivity index (χ1n) is 15.2. The molecule has 0 saturated heterocycles. The molecule has 1 atom stereocenters. The first-order valence-corrected chi connectivity index (χ1v) is 15.2. The highest BCUT2D eigenvalue weighted by molar-refractivity contribution is 5.69. The number of nitrogens with zero attached hydrogens (tertiary/aromatic N) is 2. The van der Waals surface area contributed by atoms with Gasteiger partial charge in [0.15, 0.2) is 6.29 Å². The van der Waals surface area contributed by atoms with Gasteiger partial charge in [0.25, 0.3) is 0 Å². The Kier molecular flexibility index (Phi) is 17.9. The van der Waals surface area contributed by atoms with Crippen molar-refractivity contribution in [1.29, 1.82) is 0 Å². The Bertz CT molecular complexity index is 834. The van der Waals surface area contributed by atoms with Crippen LogP contribution in [0.5, 0.6) is 5.75 Å². The number of halogens is 1. The molecule has 0 aliphatic carbocycles. The van der Waals surface area contributed by atoms with Crippen LogP contribution in [0.1, 0.15) is 126 Å². The van der Waals surface area contributed by atoms with E-state index in [2.05, 4.69) is 27.9 Å². The zero-order valence-corrected chi connectivity index (χ0v) is 26.1. The number of carbonyl (C=O) groups excluding carboxylic acids is 1. The topological polar surface area (TPSA) is 77.9 Å². The van der Waals surface area contributed by atoms with Crippen molar-refractivity contribution in [3.8, 4) is 5.75 Å². The van der Waals surface area contributed by atoms with Crippen LogP contribution in [0.2, 0.25) is 0 Å². The monoisotopic (exact) mass is 570 g/mol. The number of fused-ring (bicyclic) bond motifs is 1. The molecule has 1 aliphatic heterocycles. The number of quaternary nitrogens is 1. The van der Waals surface area contributed by atoms with Gasteiger partial charge in [0.1, 0.15) is 31.1 Å². The third kappa shape index (κ3) is 13.2. The summed E-state index contributed by atoms with van der Waals surface area (Å²) in [6.07, 6.45) is 16.0. The van der Waals surface area contributed by atoms with E-state index < -0.39 is 0 Å². The molecule has 1 aromatic rings. The normalized spacial score (nSPS) is 14.9. The Morgan fingerprint density at radius 3 is 2.21 bits per heavy atom. The van der Waals surface area contributed by atoms with Crippen LogP contribution >= 0.6 is 0 Å². The number of aliphatic hydroxyl groups excluding tert-OH is 1. The summed E-state index contributed by atoms with van der Waals surface area (Å²) in [4.78, 5) is 17.0. The molecule has 0 bridgehead atoms. The lowest BCUT2D eigenvalue weighted by Gasteiger charge is -2.32. The summed E-state index contributed by atoms with van der Waals surface area (Å²) in [6, 6.07) is 0. The quantitative estimate of drug-likeness (QED) is 0.146. The number of pyridine rings is 1. The highest BCUT2D eigenvalue weighted by Crippen LogP contribution is 2.34. The van der Waals surface area contributed by atoms with Crippen molar-refractivity contribution in [1.82, 2.24) is 4.98 Å². The second-order valence-electron chi connectivity index (χ2n) is 11.6. The summed E-state index contributed by atoms with van der Waals surface area (Å²) in [5.41, 5.74) is 3.37. The Morgan fingerprint density at radius 1 is 1.00 bits per heavy atom. The highest BCUT2D eigenvalue weighted by Gasteiger charge is 2.29. The first-order chi connectivity index (χ1) is 18.3. The van der Waals surface area contributed by atoms with E-state index >= 15 is 0 Å². The summed E-state index contributed by atoms with van der Waals surface area (Å²) in [7, 11) is 4.19. The van der Waals surface area contributed by atoms with E-state index in [-0.39, 0.29) is 31.3 Å². The smallest absolute Gasteiger partial charge is 0.305 e. The molecule has 39 heavy (non-hydrogen) atoms. The van der Waals surface area contributed by atoms with E-state index in [1.807, 2.05) is 6.92 Å². The van der Waals surface area contributed by atoms with Crippen LogP contribution in [0.4, 0.5) is 0 Å². The van der Waals surface area contributed by atoms with Crippen molar-refractivity contribution in [2.45, 2.75) is 137 Å². The van der Waals surface area contributed by atoms with Gasteiger partial charge in [0.05, 0.1) is 33.0 Å². The largest absolute Gasteiger partial charge is 1.00 e. The Balaban J connectivity index is 0.00000760. The van der Waals surface area contributed by atoms with Crippen LogP contribution in [0.15, 0.2) is 0 Å². The number of rotatable bonds is 20. The molecule has 1 unspecified atom stereocenters. The fourth-order valence-electron chi connectivity index (χ4n) is 5.09. The van der Waals surface area contributed by atoms with Gasteiger partial charge in [-0.2, -0.15) is 0 Å². The maximum atomic E-state index is 12.2. The molecule has 1 aliphatic rings. The summed E-state index contributed by atoms with van der Waals surface area (Å²) in [6.45, 7) is 8.32. The number of aryl methyl sites for hydroxylation is 1. The van der Waals surface area contributed by atoms with Crippen molar-refractivity contribution in [3.05, 3.63) is 22.5 Å². The summed E-state index contributed by atoms with van der Waals surface area (Å²) >= 11 is 0. The lowest BCUT2D eigenvalue weighted by molar-refractivity contribution is -0.904. The molecule has 226 valence electrons. The molecule has 8 heteroatoms. The molecule has 7 nitrogen and oxygen atoms in total. The average molecular weight is 571 g/mol. The van der Waals surface area contributed by atoms with Gasteiger partial charge in [-0.1, -0.05) is 84.5 Å². The second-order valence-corrected chi connectivity index (χ2v) is 11.6. The van der Waals surface area contributed by atoms with Crippen LogP contribution in [0.25, 0.3) is 0 Å². The van der Waals surface area contributed by atoms with Crippen molar-refractivity contribution >= 4 is 5.97 Å². The number of hydrogen-bond acceptors (Lipinski definition) is 6. The molecule has 1 aromatic heterocycles. The summed E-state index contributed by atoms with van der Waals surface area (Å²) in [5.74, 6) is 0.653. The third-order valence-electron chi connectivity index (χ3n) is 7.49. The van der Waals surface area contributed by atoms with Gasteiger partial charge in [0, 0.05) is 24.0 Å². The summed E-state index contributed by atoms with van der Waals surface area (Å²) in [5, 5.41) is 10.2. The molecule has 2 rings (SSSR count). The fraction of sp³-hybridized carbons (Fsp3) is 0.806. The molecule has 0 saturated carbocycles. The zero-order valence-electron chi connectivity index (χ0n) is 25.4. The van der Waals surface area contributed by atoms with E-state index in [9.17, 15) is 9.90 Å². The van der Waals surface area contributed by atoms with Gasteiger partial charge in [-0.3, -0.25) is 4.79 Å². The van der Waals surface area contributed by atoms with E-state index in [1.54, 1.807) is 0 Å². The van der Waals surface area contributed by atoms with Crippen LogP contribution in [0.3, 0.4) is 0 Å². The minimum atomic E-state index is -0.252. The summed E-state index contributed by atoms with van der Waals surface area (Å²) < 4.78 is 18.1. The predicted molar refractivity (Wildman–Crippen MR) is 152 cm³/mol. The molecule has 0 radical (unpaired) electrons. The highest BCUT2D eigenvalue weighted by atomic mass is 35.5. The number of unbranched alkanes of at least 4 members (excludes halogenated alkanes) is 10. The molecule has 0 fully saturated rings. The number of aliphatic hydroxyl groups is 1. The third-order valence-corrected chi connectivity index (χ3v) is 7.49. The predicted octanol–water partition coefficient (Wildman–Crippen LogP) is 3.74. The first kappa shape index (κ1) is 35.6. The second kappa shape index (κ2) is 19.6. The van der Waals surface area contributed by atoms with Crippen LogP contribution < -0.4 is 17.1 Å². The van der Waals surface area contributed by atoms with Crippen molar-refractivity contribution in [2.75, 3.05) is 27.2 Å². The molecule has 0 aromatic carbocycles. The number of ether oxygens (including phenoxy) is 3. The number of aromatic nitrogens is 1. The minimum Gasteiger partial charge on any atom is -1.00 e. The van der Waals surface area contributed by atoms with Crippen LogP contribution in [-0.2, 0) is 34.0 Å². The molecule has 2 heterocycles. The Morgan fingerprint density at radius 2 is 1.62 bits per heavy atom. The van der Waals surface area contributed by atoms with Crippen LogP contribution in [0, 0.1) is 6.92 Å². The van der Waals surface area contributed by atoms with Gasteiger partial charge in [0.2, 0.25) is 0 Å². The molecular formula is C31H55ClN2O5. The Hall–Kier alpha value is -1.41. The fourth-order valence-corrected chi connectivity index (χ4v) is 5.09. The molecule has 1 N–H and O–H groups in total. The maximum absolute atomic E-state index is 12.2. The Labute approximate surface area is 244 Å². The SMILES string of the molecule is CCCCCCCCCCCCCC(=O)OCC[N+](C)(C)Cc1nc(C)c2c(c1CO)COC(CCC)O2.[Cl-]. The van der Waals surface area contributed by atoms with Gasteiger partial charge in [-0.25, -0.2) is 4.98 Å². The van der Waals surface area contributed by atoms with Crippen molar-refractivity contribution < 1.29 is 41.0 Å². The van der Waals surface area contributed by atoms with E-state index in [0.717, 1.165) is 53.9 Å². The van der Waals surface area contributed by atoms with E-state index in [4.69, 9.17) is 19.2 Å². The zero-order chi connectivity index (χ0) is 27.8. The van der Waals surface area contributed by atoms with Crippen LogP contribution in [-0.4, -0.2) is 54.1 Å². The standard InChI is InChI=1S/C31H55N2O5.ClH/c1-6-8-9-10-11-12-13-14-15-16-17-19-29(35)36-21-20-33(4,5)22-28-26(23-34)27-24-37-30(18-7-2)38-31(27)25(3)32-28;/h30,34H,6-24H2,1-5H3;1H/q+1;/p-1. The number of likely N-dealkylation sites (N-methyl/N-ethyl adjacent to an activating group) is 1. The number of esters is 1. The minimum absolute atomic E-state index is 0. The number of carbonyl (C=O) groups is 1. The van der Waals surface area contributed by atoms with Gasteiger partial charge in [-0.05, 0) is 13.3 Å². The van der Waals surface area contributed by atoms with Gasteiger partial charge < -0.3 is 36.2 Å². The lowest BCUT2D eigenvalue weighted by Crippen LogP contribution is -3.00. The average Bonchev–Trinajstić information content (AvgIpc) is 2.87. The number of hydrogen-bond donors (Lipinski definition) is 1. The van der Waals surface area contributed by atoms with Gasteiger partial charge in [-0.15, -0.1) is 0 Å². The van der Waals surface area contributed by atoms with Crippen molar-refractivity contribution in [2.24, 2.45) is 0 Å². The van der Waals surface area contributed by atoms with Crippen molar-refractivity contribution in [3.63, 3.8) is 0 Å². The molecule has 0 amide bonds. The maximum Gasteiger partial charge on any atom is 0.305 e.